The van der Waals surface area contributed by atoms with Gasteiger partial charge in [-0.3, -0.25) is 9.97 Å². The van der Waals surface area contributed by atoms with Crippen molar-refractivity contribution < 1.29 is 0 Å². The van der Waals surface area contributed by atoms with Gasteiger partial charge >= 0.3 is 0 Å². The Morgan fingerprint density at radius 3 is 2.71 bits per heavy atom. The van der Waals surface area contributed by atoms with Crippen LogP contribution in [-0.4, -0.2) is 17.0 Å². The highest BCUT2D eigenvalue weighted by Gasteiger charge is 2.15. The summed E-state index contributed by atoms with van der Waals surface area (Å²) in [6, 6.07) is 8.56. The highest BCUT2D eigenvalue weighted by Crippen LogP contribution is 2.23. The third kappa shape index (κ3) is 2.50. The Labute approximate surface area is 102 Å². The minimum absolute atomic E-state index is 0.111. The summed E-state index contributed by atoms with van der Waals surface area (Å²) in [5, 5.41) is 3.31. The summed E-state index contributed by atoms with van der Waals surface area (Å²) in [6.45, 7) is 2.17. The van der Waals surface area contributed by atoms with E-state index in [1.165, 1.54) is 11.1 Å². The average molecular weight is 227 g/mol. The Morgan fingerprint density at radius 1 is 1.24 bits per heavy atom. The molecule has 1 heterocycles. The maximum atomic E-state index is 4.38. The van der Waals surface area contributed by atoms with Gasteiger partial charge in [0.1, 0.15) is 0 Å². The van der Waals surface area contributed by atoms with Gasteiger partial charge in [-0.15, -0.1) is 0 Å². The van der Waals surface area contributed by atoms with Gasteiger partial charge in [0.25, 0.3) is 0 Å². The molecule has 0 aliphatic carbocycles. The molecular formula is C14H17N3. The number of hydrogen-bond acceptors (Lipinski definition) is 3. The molecule has 0 saturated carbocycles. The predicted molar refractivity (Wildman–Crippen MR) is 68.8 cm³/mol. The van der Waals surface area contributed by atoms with Gasteiger partial charge in [0, 0.05) is 12.4 Å². The van der Waals surface area contributed by atoms with Crippen molar-refractivity contribution in [2.45, 2.75) is 19.4 Å². The van der Waals surface area contributed by atoms with Gasteiger partial charge in [0.05, 0.1) is 17.9 Å². The van der Waals surface area contributed by atoms with Crippen LogP contribution < -0.4 is 5.32 Å². The van der Waals surface area contributed by atoms with Crippen molar-refractivity contribution in [3.05, 3.63) is 59.7 Å². The molecule has 2 aromatic rings. The molecule has 0 fully saturated rings. The third-order valence-corrected chi connectivity index (χ3v) is 2.91. The molecule has 0 saturated heterocycles. The zero-order valence-corrected chi connectivity index (χ0v) is 10.2. The maximum absolute atomic E-state index is 4.38. The van der Waals surface area contributed by atoms with Crippen LogP contribution in [0.3, 0.4) is 0 Å². The zero-order valence-electron chi connectivity index (χ0n) is 10.2. The fourth-order valence-electron chi connectivity index (χ4n) is 2.06. The summed E-state index contributed by atoms with van der Waals surface area (Å²) >= 11 is 0. The highest BCUT2D eigenvalue weighted by atomic mass is 14.9. The SMILES string of the molecule is CCc1ccccc1C(NC)c1cnccn1. The van der Waals surface area contributed by atoms with Crippen LogP contribution in [-0.2, 0) is 6.42 Å². The summed E-state index contributed by atoms with van der Waals surface area (Å²) in [6.07, 6.45) is 6.26. The molecule has 1 unspecified atom stereocenters. The molecule has 17 heavy (non-hydrogen) atoms. The normalized spacial score (nSPS) is 12.4. The highest BCUT2D eigenvalue weighted by molar-refractivity contribution is 5.34. The van der Waals surface area contributed by atoms with E-state index in [4.69, 9.17) is 0 Å². The molecule has 3 heteroatoms. The Hall–Kier alpha value is -1.74. The Bertz CT molecular complexity index is 468. The molecule has 1 aromatic heterocycles. The molecule has 2 rings (SSSR count). The number of rotatable bonds is 4. The van der Waals surface area contributed by atoms with Crippen LogP contribution in [0, 0.1) is 0 Å². The first kappa shape index (κ1) is 11.7. The van der Waals surface area contributed by atoms with Crippen LogP contribution in [0.5, 0.6) is 0 Å². The fourth-order valence-corrected chi connectivity index (χ4v) is 2.06. The first-order valence-corrected chi connectivity index (χ1v) is 5.87. The van der Waals surface area contributed by atoms with E-state index < -0.39 is 0 Å². The van der Waals surface area contributed by atoms with Crippen LogP contribution in [0.1, 0.15) is 29.8 Å². The topological polar surface area (TPSA) is 37.8 Å². The van der Waals surface area contributed by atoms with Crippen molar-refractivity contribution in [3.8, 4) is 0 Å². The van der Waals surface area contributed by atoms with Gasteiger partial charge in [-0.2, -0.15) is 0 Å². The van der Waals surface area contributed by atoms with E-state index in [-0.39, 0.29) is 6.04 Å². The van der Waals surface area contributed by atoms with Gasteiger partial charge in [-0.05, 0) is 24.6 Å². The number of aryl methyl sites for hydroxylation is 1. The predicted octanol–water partition coefficient (Wildman–Crippen LogP) is 2.35. The summed E-state index contributed by atoms with van der Waals surface area (Å²) < 4.78 is 0. The van der Waals surface area contributed by atoms with Crippen LogP contribution in [0.2, 0.25) is 0 Å². The maximum Gasteiger partial charge on any atom is 0.0801 e. The molecule has 3 nitrogen and oxygen atoms in total. The first-order chi connectivity index (χ1) is 8.36. The molecule has 0 radical (unpaired) electrons. The van der Waals surface area contributed by atoms with E-state index in [1.807, 2.05) is 13.2 Å². The van der Waals surface area contributed by atoms with Gasteiger partial charge < -0.3 is 5.32 Å². The van der Waals surface area contributed by atoms with Crippen molar-refractivity contribution in [3.63, 3.8) is 0 Å². The second kappa shape index (κ2) is 5.55. The average Bonchev–Trinajstić information content (AvgIpc) is 2.41. The van der Waals surface area contributed by atoms with Crippen LogP contribution in [0.4, 0.5) is 0 Å². The van der Waals surface area contributed by atoms with E-state index in [1.54, 1.807) is 12.4 Å². The molecule has 0 aliphatic heterocycles. The zero-order chi connectivity index (χ0) is 12.1. The molecule has 1 aromatic carbocycles. The minimum Gasteiger partial charge on any atom is -0.308 e. The Balaban J connectivity index is 2.42. The van der Waals surface area contributed by atoms with Crippen molar-refractivity contribution in [2.24, 2.45) is 0 Å². The van der Waals surface area contributed by atoms with Crippen molar-refractivity contribution in [1.29, 1.82) is 0 Å². The number of nitrogens with one attached hydrogen (secondary N) is 1. The van der Waals surface area contributed by atoms with E-state index >= 15 is 0 Å². The first-order valence-electron chi connectivity index (χ1n) is 5.87. The van der Waals surface area contributed by atoms with E-state index in [0.29, 0.717) is 0 Å². The fraction of sp³-hybridized carbons (Fsp3) is 0.286. The van der Waals surface area contributed by atoms with E-state index in [2.05, 4.69) is 46.5 Å². The quantitative estimate of drug-likeness (QED) is 0.871. The molecule has 0 spiro atoms. The Kier molecular flexibility index (Phi) is 3.83. The van der Waals surface area contributed by atoms with Gasteiger partial charge in [-0.25, -0.2) is 0 Å². The summed E-state index contributed by atoms with van der Waals surface area (Å²) in [7, 11) is 1.95. The van der Waals surface area contributed by atoms with E-state index in [0.717, 1.165) is 12.1 Å². The summed E-state index contributed by atoms with van der Waals surface area (Å²) in [5.74, 6) is 0. The molecule has 1 atom stereocenters. The standard InChI is InChI=1S/C14H17N3/c1-3-11-6-4-5-7-12(11)14(15-2)13-10-16-8-9-17-13/h4-10,14-15H,3H2,1-2H3. The summed E-state index contributed by atoms with van der Waals surface area (Å²) in [5.41, 5.74) is 3.58. The largest absolute Gasteiger partial charge is 0.308 e. The van der Waals surface area contributed by atoms with Crippen LogP contribution in [0.25, 0.3) is 0 Å². The molecule has 0 amide bonds. The molecule has 0 bridgehead atoms. The summed E-state index contributed by atoms with van der Waals surface area (Å²) in [4.78, 5) is 8.51. The lowest BCUT2D eigenvalue weighted by Gasteiger charge is -2.18. The Morgan fingerprint density at radius 2 is 2.06 bits per heavy atom. The lowest BCUT2D eigenvalue weighted by Crippen LogP contribution is -2.20. The molecule has 1 N–H and O–H groups in total. The molecule has 0 aliphatic rings. The van der Waals surface area contributed by atoms with Gasteiger partial charge in [0.15, 0.2) is 0 Å². The second-order valence-electron chi connectivity index (χ2n) is 3.90. The third-order valence-electron chi connectivity index (χ3n) is 2.91. The van der Waals surface area contributed by atoms with Gasteiger partial charge in [-0.1, -0.05) is 31.2 Å². The molecule has 88 valence electrons. The monoisotopic (exact) mass is 227 g/mol. The number of nitrogens with zero attached hydrogens (tertiary/aromatic N) is 2. The van der Waals surface area contributed by atoms with Crippen molar-refractivity contribution >= 4 is 0 Å². The van der Waals surface area contributed by atoms with Gasteiger partial charge in [0.2, 0.25) is 0 Å². The minimum atomic E-state index is 0.111. The second-order valence-corrected chi connectivity index (χ2v) is 3.90. The number of aromatic nitrogens is 2. The molecular weight excluding hydrogens is 210 g/mol. The number of hydrogen-bond donors (Lipinski definition) is 1. The smallest absolute Gasteiger partial charge is 0.0801 e. The van der Waals surface area contributed by atoms with Crippen molar-refractivity contribution in [1.82, 2.24) is 15.3 Å². The van der Waals surface area contributed by atoms with E-state index in [9.17, 15) is 0 Å². The number of benzene rings is 1. The lowest BCUT2D eigenvalue weighted by molar-refractivity contribution is 0.660. The van der Waals surface area contributed by atoms with Crippen LogP contribution in [0.15, 0.2) is 42.9 Å². The van der Waals surface area contributed by atoms with Crippen LogP contribution >= 0.6 is 0 Å². The van der Waals surface area contributed by atoms with Crippen molar-refractivity contribution in [2.75, 3.05) is 7.05 Å². The lowest BCUT2D eigenvalue weighted by atomic mass is 9.97.